The first-order chi connectivity index (χ1) is 9.94. The summed E-state index contributed by atoms with van der Waals surface area (Å²) in [5.41, 5.74) is 0.824. The average Bonchev–Trinajstić information content (AvgIpc) is 2.92. The van der Waals surface area contributed by atoms with Crippen LogP contribution in [-0.2, 0) is 0 Å². The summed E-state index contributed by atoms with van der Waals surface area (Å²) in [5, 5.41) is 11.4. The second-order valence-electron chi connectivity index (χ2n) is 6.08. The number of benzene rings is 1. The first-order valence-electron chi connectivity index (χ1n) is 7.19. The fraction of sp³-hybridized carbons (Fsp3) is 0.600. The Morgan fingerprint density at radius 3 is 2.67 bits per heavy atom. The van der Waals surface area contributed by atoms with Gasteiger partial charge in [0.25, 0.3) is 0 Å². The molecule has 0 amide bonds. The van der Waals surface area contributed by atoms with Crippen molar-refractivity contribution in [1.82, 2.24) is 0 Å². The zero-order valence-corrected chi connectivity index (χ0v) is 14.1. The lowest BCUT2D eigenvalue weighted by Crippen LogP contribution is -2.55. The highest BCUT2D eigenvalue weighted by atomic mass is 79.9. The predicted octanol–water partition coefficient (Wildman–Crippen LogP) is 4.98. The standard InChI is InChI=1S/C15H17BrClNO3/c1-9-6-10(16)7-11(18(19)20)14(9)21-13-8-12(17)15(13)4-2-3-5-15/h6-7,12-13H,2-5,8H2,1H3. The maximum atomic E-state index is 11.3. The number of rotatable bonds is 3. The van der Waals surface area contributed by atoms with Gasteiger partial charge in [-0.25, -0.2) is 0 Å². The van der Waals surface area contributed by atoms with Crippen LogP contribution in [0.1, 0.15) is 37.7 Å². The summed E-state index contributed by atoms with van der Waals surface area (Å²) in [6.45, 7) is 1.84. The van der Waals surface area contributed by atoms with Crippen LogP contribution in [0.25, 0.3) is 0 Å². The van der Waals surface area contributed by atoms with Gasteiger partial charge in [0, 0.05) is 27.8 Å². The molecule has 0 aliphatic heterocycles. The van der Waals surface area contributed by atoms with Crippen molar-refractivity contribution >= 4 is 33.2 Å². The second kappa shape index (κ2) is 5.43. The van der Waals surface area contributed by atoms with Crippen molar-refractivity contribution in [2.45, 2.75) is 50.5 Å². The molecule has 2 aliphatic rings. The molecule has 0 aromatic heterocycles. The Morgan fingerprint density at radius 1 is 1.43 bits per heavy atom. The molecule has 4 nitrogen and oxygen atoms in total. The molecule has 0 N–H and O–H groups in total. The van der Waals surface area contributed by atoms with Crippen molar-refractivity contribution in [2.24, 2.45) is 5.41 Å². The Balaban J connectivity index is 1.90. The molecule has 6 heteroatoms. The maximum Gasteiger partial charge on any atom is 0.312 e. The number of nitrogens with zero attached hydrogens (tertiary/aromatic N) is 1. The van der Waals surface area contributed by atoms with Crippen molar-refractivity contribution in [3.8, 4) is 5.75 Å². The highest BCUT2D eigenvalue weighted by Gasteiger charge is 2.57. The number of hydrogen-bond acceptors (Lipinski definition) is 3. The number of nitro groups is 1. The highest BCUT2D eigenvalue weighted by Crippen LogP contribution is 2.57. The first-order valence-corrected chi connectivity index (χ1v) is 8.42. The van der Waals surface area contributed by atoms with E-state index >= 15 is 0 Å². The Hall–Kier alpha value is -0.810. The third-order valence-electron chi connectivity index (χ3n) is 4.90. The molecule has 1 aromatic carbocycles. The molecule has 2 saturated carbocycles. The molecule has 21 heavy (non-hydrogen) atoms. The Morgan fingerprint density at radius 2 is 2.10 bits per heavy atom. The van der Waals surface area contributed by atoms with Gasteiger partial charge in [-0.15, -0.1) is 11.6 Å². The fourth-order valence-corrected chi connectivity index (χ4v) is 4.76. The molecular formula is C15H17BrClNO3. The molecule has 2 unspecified atom stereocenters. The number of alkyl halides is 1. The normalized spacial score (nSPS) is 26.6. The first kappa shape index (κ1) is 15.1. The largest absolute Gasteiger partial charge is 0.483 e. The van der Waals surface area contributed by atoms with E-state index < -0.39 is 0 Å². The van der Waals surface area contributed by atoms with E-state index in [1.54, 1.807) is 0 Å². The third-order valence-corrected chi connectivity index (χ3v) is 5.97. The predicted molar refractivity (Wildman–Crippen MR) is 85.1 cm³/mol. The smallest absolute Gasteiger partial charge is 0.312 e. The summed E-state index contributed by atoms with van der Waals surface area (Å²) in [7, 11) is 0. The van der Waals surface area contributed by atoms with Gasteiger partial charge in [-0.3, -0.25) is 10.1 Å². The fourth-order valence-electron chi connectivity index (χ4n) is 3.68. The minimum absolute atomic E-state index is 0.000996. The van der Waals surface area contributed by atoms with Gasteiger partial charge in [-0.2, -0.15) is 0 Å². The molecule has 3 rings (SSSR count). The Labute approximate surface area is 137 Å². The third kappa shape index (κ3) is 2.44. The number of halogens is 2. The van der Waals surface area contributed by atoms with Crippen LogP contribution in [0.4, 0.5) is 5.69 Å². The molecule has 1 aromatic rings. The molecule has 0 saturated heterocycles. The van der Waals surface area contributed by atoms with Crippen LogP contribution in [0.3, 0.4) is 0 Å². The van der Waals surface area contributed by atoms with Crippen molar-refractivity contribution in [3.63, 3.8) is 0 Å². The van der Waals surface area contributed by atoms with Gasteiger partial charge in [0.1, 0.15) is 6.10 Å². The molecule has 0 radical (unpaired) electrons. The van der Waals surface area contributed by atoms with Gasteiger partial charge in [-0.1, -0.05) is 28.8 Å². The zero-order chi connectivity index (χ0) is 15.2. The highest BCUT2D eigenvalue weighted by molar-refractivity contribution is 9.10. The van der Waals surface area contributed by atoms with Crippen molar-refractivity contribution in [1.29, 1.82) is 0 Å². The minimum atomic E-state index is -0.384. The summed E-state index contributed by atoms with van der Waals surface area (Å²) < 4.78 is 6.78. The van der Waals surface area contributed by atoms with E-state index in [-0.39, 0.29) is 27.5 Å². The van der Waals surface area contributed by atoms with Crippen LogP contribution in [0, 0.1) is 22.5 Å². The summed E-state index contributed by atoms with van der Waals surface area (Å²) >= 11 is 9.72. The van der Waals surface area contributed by atoms with Crippen molar-refractivity contribution in [2.75, 3.05) is 0 Å². The molecule has 2 fully saturated rings. The number of hydrogen-bond donors (Lipinski definition) is 0. The molecule has 1 spiro atoms. The van der Waals surface area contributed by atoms with E-state index in [9.17, 15) is 10.1 Å². The van der Waals surface area contributed by atoms with Crippen LogP contribution < -0.4 is 4.74 Å². The van der Waals surface area contributed by atoms with E-state index in [4.69, 9.17) is 16.3 Å². The van der Waals surface area contributed by atoms with Crippen LogP contribution >= 0.6 is 27.5 Å². The second-order valence-corrected chi connectivity index (χ2v) is 7.52. The number of aryl methyl sites for hydroxylation is 1. The molecule has 2 aliphatic carbocycles. The topological polar surface area (TPSA) is 52.4 Å². The lowest BCUT2D eigenvalue weighted by atomic mass is 9.64. The van der Waals surface area contributed by atoms with Crippen LogP contribution in [-0.4, -0.2) is 16.4 Å². The number of nitro benzene ring substituents is 1. The maximum absolute atomic E-state index is 11.3. The van der Waals surface area contributed by atoms with Crippen molar-refractivity contribution < 1.29 is 9.66 Å². The summed E-state index contributed by atoms with van der Waals surface area (Å²) in [5.74, 6) is 0.392. The van der Waals surface area contributed by atoms with Crippen LogP contribution in [0.15, 0.2) is 16.6 Å². The summed E-state index contributed by atoms with van der Waals surface area (Å²) in [6, 6.07) is 3.35. The molecule has 114 valence electrons. The molecule has 2 atom stereocenters. The SMILES string of the molecule is Cc1cc(Br)cc([N+](=O)[O-])c1OC1CC(Cl)C12CCCC2. The van der Waals surface area contributed by atoms with E-state index in [1.807, 2.05) is 13.0 Å². The van der Waals surface area contributed by atoms with Gasteiger partial charge in [0.15, 0.2) is 5.75 Å². The molecular weight excluding hydrogens is 358 g/mol. The lowest BCUT2D eigenvalue weighted by molar-refractivity contribution is -0.386. The Bertz CT molecular complexity index is 587. The van der Waals surface area contributed by atoms with E-state index in [0.29, 0.717) is 10.2 Å². The van der Waals surface area contributed by atoms with E-state index in [2.05, 4.69) is 15.9 Å². The van der Waals surface area contributed by atoms with E-state index in [1.165, 1.54) is 18.9 Å². The number of ether oxygens (including phenoxy) is 1. The monoisotopic (exact) mass is 373 g/mol. The minimum Gasteiger partial charge on any atom is -0.483 e. The van der Waals surface area contributed by atoms with Crippen LogP contribution in [0.5, 0.6) is 5.75 Å². The zero-order valence-electron chi connectivity index (χ0n) is 11.8. The van der Waals surface area contributed by atoms with E-state index in [0.717, 1.165) is 24.8 Å². The summed E-state index contributed by atoms with van der Waals surface area (Å²) in [4.78, 5) is 10.9. The van der Waals surface area contributed by atoms with Gasteiger partial charge in [-0.05, 0) is 31.4 Å². The molecule has 0 bridgehead atoms. The molecule has 0 heterocycles. The van der Waals surface area contributed by atoms with Gasteiger partial charge < -0.3 is 4.74 Å². The van der Waals surface area contributed by atoms with Gasteiger partial charge >= 0.3 is 5.69 Å². The quantitative estimate of drug-likeness (QED) is 0.426. The van der Waals surface area contributed by atoms with Crippen molar-refractivity contribution in [3.05, 3.63) is 32.3 Å². The van der Waals surface area contributed by atoms with Gasteiger partial charge in [0.05, 0.1) is 4.92 Å². The average molecular weight is 375 g/mol. The van der Waals surface area contributed by atoms with Crippen LogP contribution in [0.2, 0.25) is 0 Å². The summed E-state index contributed by atoms with van der Waals surface area (Å²) in [6.07, 6.45) is 5.24. The Kier molecular flexibility index (Phi) is 3.91. The lowest BCUT2D eigenvalue weighted by Gasteiger charge is -2.50. The van der Waals surface area contributed by atoms with Gasteiger partial charge in [0.2, 0.25) is 0 Å².